The molecule has 6 N–H and O–H groups in total. The topological polar surface area (TPSA) is 183 Å². The minimum Gasteiger partial charge on any atom is -0.458 e. The van der Waals surface area contributed by atoms with Crippen LogP contribution >= 0.6 is 0 Å². The third-order valence-electron chi connectivity index (χ3n) is 4.90. The maximum atomic E-state index is 15.4. The zero-order valence-corrected chi connectivity index (χ0v) is 15.7. The third kappa shape index (κ3) is 3.18. The molecule has 0 unspecified atom stereocenters. The molecule has 5 atom stereocenters. The van der Waals surface area contributed by atoms with Crippen LogP contribution in [0.1, 0.15) is 13.8 Å². The molecule has 12 heteroatoms. The maximum Gasteiger partial charge on any atom is 0.323 e. The maximum absolute atomic E-state index is 15.4. The number of alkyl halides is 1. The molecule has 2 aromatic heterocycles. The molecule has 1 aliphatic heterocycles. The molecule has 0 aliphatic carbocycles. The minimum atomic E-state index is -3.07. The van der Waals surface area contributed by atoms with Gasteiger partial charge in [-0.1, -0.05) is 13.8 Å². The first-order valence-corrected chi connectivity index (χ1v) is 8.74. The van der Waals surface area contributed by atoms with Crippen LogP contribution in [0.15, 0.2) is 18.6 Å². The second kappa shape index (κ2) is 7.20. The average molecular weight is 408 g/mol. The van der Waals surface area contributed by atoms with Gasteiger partial charge in [-0.05, 0) is 12.0 Å². The van der Waals surface area contributed by atoms with E-state index in [0.29, 0.717) is 5.39 Å². The van der Waals surface area contributed by atoms with Gasteiger partial charge < -0.3 is 26.4 Å². The normalized spacial score (nSPS) is 30.4. The van der Waals surface area contributed by atoms with Crippen LogP contribution in [0.4, 0.5) is 10.2 Å². The molecule has 0 amide bonds. The molecule has 1 aliphatic rings. The highest BCUT2D eigenvalue weighted by atomic mass is 19.2. The molecule has 2 aromatic rings. The summed E-state index contributed by atoms with van der Waals surface area (Å²) in [4.78, 5) is 19.7. The monoisotopic (exact) mass is 408 g/mol. The van der Waals surface area contributed by atoms with Gasteiger partial charge in [0.2, 0.25) is 0 Å². The number of hydrogen-bond acceptors (Lipinski definition) is 10. The summed E-state index contributed by atoms with van der Waals surface area (Å²) < 4.78 is 26.4. The minimum absolute atomic E-state index is 0.0772. The number of aromatic nitrogens is 3. The number of carbonyl (C=O) groups excluding carboxylic acids is 1. The van der Waals surface area contributed by atoms with Crippen LogP contribution in [0.2, 0.25) is 0 Å². The lowest BCUT2D eigenvalue weighted by atomic mass is 10.0. The van der Waals surface area contributed by atoms with E-state index in [9.17, 15) is 20.3 Å². The van der Waals surface area contributed by atoms with Crippen molar-refractivity contribution in [2.75, 3.05) is 12.3 Å². The lowest BCUT2D eigenvalue weighted by Gasteiger charge is -2.27. The molecule has 1 fully saturated rings. The molecular weight excluding hydrogens is 387 g/mol. The summed E-state index contributed by atoms with van der Waals surface area (Å²) in [5.41, 5.74) is 9.09. The Hall–Kier alpha value is -2.85. The molecule has 29 heavy (non-hydrogen) atoms. The number of ether oxygens (including phenoxy) is 2. The van der Waals surface area contributed by atoms with Crippen LogP contribution in [0.5, 0.6) is 0 Å². The lowest BCUT2D eigenvalue weighted by Crippen LogP contribution is -2.46. The number of anilines is 1. The molecule has 1 saturated heterocycles. The number of nitrogen functional groups attached to an aromatic ring is 1. The fourth-order valence-electron chi connectivity index (χ4n) is 3.06. The summed E-state index contributed by atoms with van der Waals surface area (Å²) in [5, 5.41) is 30.9. The Kier molecular flexibility index (Phi) is 5.18. The van der Waals surface area contributed by atoms with Gasteiger partial charge in [0.25, 0.3) is 11.6 Å². The number of hydrogen-bond donors (Lipinski definition) is 4. The molecule has 3 rings (SSSR count). The van der Waals surface area contributed by atoms with E-state index in [1.54, 1.807) is 19.9 Å². The second-order valence-electron chi connectivity index (χ2n) is 7.15. The summed E-state index contributed by atoms with van der Waals surface area (Å²) >= 11 is 0. The van der Waals surface area contributed by atoms with E-state index in [0.717, 1.165) is 10.9 Å². The number of aliphatic hydroxyl groups excluding tert-OH is 2. The van der Waals surface area contributed by atoms with Crippen LogP contribution in [-0.4, -0.2) is 61.4 Å². The summed E-state index contributed by atoms with van der Waals surface area (Å²) in [6, 6.07) is 2.11. The van der Waals surface area contributed by atoms with E-state index in [1.165, 1.54) is 12.3 Å². The number of nitrogens with two attached hydrogens (primary N) is 2. The van der Waals surface area contributed by atoms with Crippen molar-refractivity contribution in [1.29, 1.82) is 5.26 Å². The molecule has 0 aromatic carbocycles. The number of esters is 1. The largest absolute Gasteiger partial charge is 0.458 e. The molecule has 11 nitrogen and oxygen atoms in total. The number of rotatable bonds is 5. The van der Waals surface area contributed by atoms with Crippen LogP contribution < -0.4 is 11.5 Å². The number of nitrogens with zero attached hydrogens (tertiary/aromatic N) is 4. The number of carbonyl (C=O) groups is 1. The Morgan fingerprint density at radius 3 is 2.79 bits per heavy atom. The molecule has 156 valence electrons. The molecule has 0 radical (unpaired) electrons. The van der Waals surface area contributed by atoms with E-state index in [4.69, 9.17) is 20.9 Å². The van der Waals surface area contributed by atoms with Gasteiger partial charge in [-0.25, -0.2) is 14.4 Å². The van der Waals surface area contributed by atoms with E-state index in [-0.39, 0.29) is 17.4 Å². The highest BCUT2D eigenvalue weighted by Gasteiger charge is 2.66. The second-order valence-corrected chi connectivity index (χ2v) is 7.15. The van der Waals surface area contributed by atoms with Crippen molar-refractivity contribution in [3.63, 3.8) is 0 Å². The fraction of sp³-hybridized carbons (Fsp3) is 0.529. The zero-order chi connectivity index (χ0) is 21.6. The van der Waals surface area contributed by atoms with Crippen molar-refractivity contribution in [3.8, 4) is 6.07 Å². The van der Waals surface area contributed by atoms with E-state index < -0.39 is 42.4 Å². The van der Waals surface area contributed by atoms with Gasteiger partial charge >= 0.3 is 5.97 Å². The predicted molar refractivity (Wildman–Crippen MR) is 96.2 cm³/mol. The SMILES string of the molecule is CC(C)[C@H](N)C(=O)OC[C@@]1(F)O[C@@](C#N)(n2ccc3c(N)ncnc32)[C@H](O)[C@@H]1O. The van der Waals surface area contributed by atoms with E-state index in [1.807, 2.05) is 0 Å². The Labute approximate surface area is 164 Å². The summed E-state index contributed by atoms with van der Waals surface area (Å²) in [6.45, 7) is 2.27. The first kappa shape index (κ1) is 20.9. The number of aliphatic hydroxyl groups is 2. The Morgan fingerprint density at radius 2 is 2.17 bits per heavy atom. The summed E-state index contributed by atoms with van der Waals surface area (Å²) in [6.07, 6.45) is -1.83. The van der Waals surface area contributed by atoms with Gasteiger partial charge in [0.05, 0.1) is 5.39 Å². The van der Waals surface area contributed by atoms with Gasteiger partial charge in [-0.3, -0.25) is 14.1 Å². The Bertz CT molecular complexity index is 977. The first-order valence-electron chi connectivity index (χ1n) is 8.74. The number of halogens is 1. The summed E-state index contributed by atoms with van der Waals surface area (Å²) in [7, 11) is 0. The number of fused-ring (bicyclic) bond motifs is 1. The van der Waals surface area contributed by atoms with Crippen LogP contribution in [-0.2, 0) is 20.0 Å². The Balaban J connectivity index is 1.95. The van der Waals surface area contributed by atoms with Gasteiger partial charge in [-0.2, -0.15) is 5.26 Å². The zero-order valence-electron chi connectivity index (χ0n) is 15.7. The number of nitriles is 1. The highest BCUT2D eigenvalue weighted by molar-refractivity contribution is 5.86. The molecule has 0 saturated carbocycles. The fourth-order valence-corrected chi connectivity index (χ4v) is 3.06. The molecule has 0 bridgehead atoms. The Morgan fingerprint density at radius 1 is 1.48 bits per heavy atom. The quantitative estimate of drug-likeness (QED) is 0.454. The molecule has 0 spiro atoms. The van der Waals surface area contributed by atoms with Crippen molar-refractivity contribution in [2.24, 2.45) is 11.7 Å². The van der Waals surface area contributed by atoms with Gasteiger partial charge in [-0.15, -0.1) is 0 Å². The van der Waals surface area contributed by atoms with Gasteiger partial charge in [0.1, 0.15) is 42.1 Å². The van der Waals surface area contributed by atoms with Crippen LogP contribution in [0.3, 0.4) is 0 Å². The highest BCUT2D eigenvalue weighted by Crippen LogP contribution is 2.44. The van der Waals surface area contributed by atoms with Crippen LogP contribution in [0, 0.1) is 17.2 Å². The van der Waals surface area contributed by atoms with Crippen molar-refractivity contribution >= 4 is 22.8 Å². The third-order valence-corrected chi connectivity index (χ3v) is 4.90. The average Bonchev–Trinajstić information content (AvgIpc) is 3.21. The smallest absolute Gasteiger partial charge is 0.323 e. The van der Waals surface area contributed by atoms with Crippen LogP contribution in [0.25, 0.3) is 11.0 Å². The van der Waals surface area contributed by atoms with Gasteiger partial charge in [0, 0.05) is 6.20 Å². The predicted octanol–water partition coefficient (Wildman–Crippen LogP) is -0.866. The van der Waals surface area contributed by atoms with Gasteiger partial charge in [0.15, 0.2) is 6.61 Å². The standard InChI is InChI=1S/C17H21FN6O5/c1-8(2)10(20)15(27)28-6-16(18)11(25)12(26)17(5-19,29-16)24-4-3-9-13(21)22-7-23-14(9)24/h3-4,7-8,10-12,25-26H,6,20H2,1-2H3,(H2,21,22,23)/t10-,11-,12+,16+,17+/m0/s1. The van der Waals surface area contributed by atoms with E-state index in [2.05, 4.69) is 9.97 Å². The van der Waals surface area contributed by atoms with Crippen molar-refractivity contribution in [1.82, 2.24) is 14.5 Å². The van der Waals surface area contributed by atoms with E-state index >= 15 is 4.39 Å². The lowest BCUT2D eigenvalue weighted by molar-refractivity contribution is -0.233. The van der Waals surface area contributed by atoms with Crippen molar-refractivity contribution in [2.45, 2.75) is 43.7 Å². The molecule has 3 heterocycles. The van der Waals surface area contributed by atoms with Crippen molar-refractivity contribution in [3.05, 3.63) is 18.6 Å². The first-order chi connectivity index (χ1) is 13.6. The van der Waals surface area contributed by atoms with Crippen molar-refractivity contribution < 1.29 is 28.9 Å². The molecular formula is C17H21FN6O5. The summed E-state index contributed by atoms with van der Waals surface area (Å²) in [5.74, 6) is -4.16.